The lowest BCUT2D eigenvalue weighted by atomic mass is 9.99. The predicted octanol–water partition coefficient (Wildman–Crippen LogP) is 1.15. The Balaban J connectivity index is 2.66. The van der Waals surface area contributed by atoms with Crippen molar-refractivity contribution in [3.05, 3.63) is 12.2 Å². The Kier molecular flexibility index (Phi) is 15.8. The molecule has 1 saturated heterocycles. The largest absolute Gasteiger partial charge is 0.394 e. The summed E-state index contributed by atoms with van der Waals surface area (Å²) >= 11 is 0. The molecule has 1 aliphatic heterocycles. The molecule has 194 valence electrons. The Morgan fingerprint density at radius 3 is 2.33 bits per heavy atom. The summed E-state index contributed by atoms with van der Waals surface area (Å²) in [5.74, 6) is -0.200. The van der Waals surface area contributed by atoms with Crippen molar-refractivity contribution in [3.8, 4) is 0 Å². The van der Waals surface area contributed by atoms with Crippen LogP contribution in [0, 0.1) is 0 Å². The number of hydrogen-bond acceptors (Lipinski definition) is 8. The van der Waals surface area contributed by atoms with E-state index in [9.17, 15) is 30.3 Å². The van der Waals surface area contributed by atoms with E-state index in [4.69, 9.17) is 9.47 Å². The minimum Gasteiger partial charge on any atom is -0.394 e. The van der Waals surface area contributed by atoms with Gasteiger partial charge in [-0.1, -0.05) is 70.9 Å². The van der Waals surface area contributed by atoms with Gasteiger partial charge in [0, 0.05) is 6.42 Å². The maximum Gasteiger partial charge on any atom is 0.220 e. The van der Waals surface area contributed by atoms with Gasteiger partial charge in [-0.05, 0) is 12.8 Å². The Morgan fingerprint density at radius 1 is 1.00 bits per heavy atom. The molecule has 1 rings (SSSR count). The van der Waals surface area contributed by atoms with Gasteiger partial charge in [0.25, 0.3) is 0 Å². The summed E-state index contributed by atoms with van der Waals surface area (Å²) in [6.07, 6.45) is 4.97. The van der Waals surface area contributed by atoms with E-state index < -0.39 is 49.5 Å². The first kappa shape index (κ1) is 30.0. The van der Waals surface area contributed by atoms with Crippen molar-refractivity contribution in [2.24, 2.45) is 0 Å². The zero-order valence-electron chi connectivity index (χ0n) is 20.1. The molecule has 7 unspecified atom stereocenters. The van der Waals surface area contributed by atoms with Crippen LogP contribution < -0.4 is 5.32 Å². The first-order valence-corrected chi connectivity index (χ1v) is 12.4. The fraction of sp³-hybridized carbons (Fsp3) is 0.875. The highest BCUT2D eigenvalue weighted by Crippen LogP contribution is 2.22. The normalized spacial score (nSPS) is 27.5. The van der Waals surface area contributed by atoms with Crippen molar-refractivity contribution >= 4 is 5.91 Å². The van der Waals surface area contributed by atoms with Crippen LogP contribution in [0.15, 0.2) is 12.2 Å². The lowest BCUT2D eigenvalue weighted by molar-refractivity contribution is -0.302. The molecule has 0 spiro atoms. The second-order valence-corrected chi connectivity index (χ2v) is 8.78. The highest BCUT2D eigenvalue weighted by Gasteiger charge is 2.44. The number of carbonyl (C=O) groups is 1. The van der Waals surface area contributed by atoms with E-state index in [0.717, 1.165) is 44.9 Å². The standard InChI is InChI=1S/C24H45NO8/c1-3-5-7-9-10-12-14-20(28)25-17(18(27)13-11-8-6-4-2)16-32-24-23(31)22(30)21(29)19(15-26)33-24/h11,13,17-19,21-24,26-27,29-31H,3-10,12,14-16H2,1-2H3,(H,25,28)/b13-11+. The van der Waals surface area contributed by atoms with E-state index in [1.165, 1.54) is 12.8 Å². The van der Waals surface area contributed by atoms with E-state index >= 15 is 0 Å². The van der Waals surface area contributed by atoms with Gasteiger partial charge in [-0.25, -0.2) is 0 Å². The number of nitrogens with one attached hydrogen (secondary N) is 1. The molecule has 0 radical (unpaired) electrons. The number of rotatable bonds is 17. The molecule has 1 amide bonds. The maximum atomic E-state index is 12.4. The zero-order valence-corrected chi connectivity index (χ0v) is 20.1. The minimum atomic E-state index is -1.56. The molecule has 0 bridgehead atoms. The molecule has 9 heteroatoms. The van der Waals surface area contributed by atoms with Crippen LogP contribution in [0.5, 0.6) is 0 Å². The number of ether oxygens (including phenoxy) is 2. The number of allylic oxidation sites excluding steroid dienone is 1. The van der Waals surface area contributed by atoms with Crippen molar-refractivity contribution in [3.63, 3.8) is 0 Å². The van der Waals surface area contributed by atoms with Crippen molar-refractivity contribution in [2.75, 3.05) is 13.2 Å². The van der Waals surface area contributed by atoms with E-state index in [1.807, 2.05) is 6.08 Å². The summed E-state index contributed by atoms with van der Waals surface area (Å²) in [5, 5.41) is 52.7. The molecule has 0 aromatic carbocycles. The Labute approximate surface area is 197 Å². The lowest BCUT2D eigenvalue weighted by Crippen LogP contribution is -2.60. The Morgan fingerprint density at radius 2 is 1.67 bits per heavy atom. The van der Waals surface area contributed by atoms with Gasteiger partial charge in [0.15, 0.2) is 6.29 Å². The van der Waals surface area contributed by atoms with Crippen LogP contribution in [-0.2, 0) is 14.3 Å². The van der Waals surface area contributed by atoms with E-state index in [-0.39, 0.29) is 12.5 Å². The maximum absolute atomic E-state index is 12.4. The first-order chi connectivity index (χ1) is 15.8. The molecule has 1 fully saturated rings. The SMILES string of the molecule is CCCC/C=C/C(O)C(COC1OC(CO)C(O)C(O)C1O)NC(=O)CCCCCCCC. The molecule has 6 N–H and O–H groups in total. The average Bonchev–Trinajstić information content (AvgIpc) is 2.81. The van der Waals surface area contributed by atoms with Gasteiger partial charge in [0.05, 0.1) is 25.4 Å². The molecule has 0 aliphatic carbocycles. The number of hydrogen-bond donors (Lipinski definition) is 6. The molecule has 7 atom stereocenters. The highest BCUT2D eigenvalue weighted by atomic mass is 16.7. The summed E-state index contributed by atoms with van der Waals surface area (Å²) < 4.78 is 10.9. The number of aliphatic hydroxyl groups is 5. The third kappa shape index (κ3) is 11.3. The lowest BCUT2D eigenvalue weighted by Gasteiger charge is -2.40. The summed E-state index contributed by atoms with van der Waals surface area (Å²) in [4.78, 5) is 12.4. The van der Waals surface area contributed by atoms with E-state index in [1.54, 1.807) is 6.08 Å². The molecular formula is C24H45NO8. The summed E-state index contributed by atoms with van der Waals surface area (Å²) in [6, 6.07) is -0.789. The van der Waals surface area contributed by atoms with Crippen LogP contribution in [0.3, 0.4) is 0 Å². The summed E-state index contributed by atoms with van der Waals surface area (Å²) in [5.41, 5.74) is 0. The average molecular weight is 476 g/mol. The minimum absolute atomic E-state index is 0.190. The van der Waals surface area contributed by atoms with Crippen molar-refractivity contribution in [1.29, 1.82) is 0 Å². The van der Waals surface area contributed by atoms with E-state index in [0.29, 0.717) is 6.42 Å². The summed E-state index contributed by atoms with van der Waals surface area (Å²) in [7, 11) is 0. The van der Waals surface area contributed by atoms with Gasteiger partial charge in [-0.2, -0.15) is 0 Å². The molecule has 0 aromatic rings. The van der Waals surface area contributed by atoms with Gasteiger partial charge in [0.2, 0.25) is 5.91 Å². The van der Waals surface area contributed by atoms with Crippen LogP contribution in [0.4, 0.5) is 0 Å². The molecule has 0 saturated carbocycles. The molecule has 1 heterocycles. The number of unbranched alkanes of at least 4 members (excludes halogenated alkanes) is 7. The smallest absolute Gasteiger partial charge is 0.220 e. The highest BCUT2D eigenvalue weighted by molar-refractivity contribution is 5.76. The quantitative estimate of drug-likeness (QED) is 0.136. The predicted molar refractivity (Wildman–Crippen MR) is 124 cm³/mol. The fourth-order valence-corrected chi connectivity index (χ4v) is 3.67. The van der Waals surface area contributed by atoms with Gasteiger partial charge >= 0.3 is 0 Å². The molecule has 9 nitrogen and oxygen atoms in total. The van der Waals surface area contributed by atoms with Gasteiger partial charge in [0.1, 0.15) is 24.4 Å². The third-order valence-corrected chi connectivity index (χ3v) is 5.86. The van der Waals surface area contributed by atoms with Crippen molar-refractivity contribution < 1.29 is 39.8 Å². The van der Waals surface area contributed by atoms with Gasteiger partial charge < -0.3 is 40.3 Å². The molecule has 1 aliphatic rings. The third-order valence-electron chi connectivity index (χ3n) is 5.86. The second kappa shape index (κ2) is 17.4. The number of aliphatic hydroxyl groups excluding tert-OH is 5. The zero-order chi connectivity index (χ0) is 24.6. The van der Waals surface area contributed by atoms with Crippen molar-refractivity contribution in [2.45, 2.75) is 121 Å². The van der Waals surface area contributed by atoms with Gasteiger partial charge in [-0.15, -0.1) is 0 Å². The van der Waals surface area contributed by atoms with Crippen LogP contribution in [-0.4, -0.2) is 87.5 Å². The summed E-state index contributed by atoms with van der Waals surface area (Å²) in [6.45, 7) is 3.47. The second-order valence-electron chi connectivity index (χ2n) is 8.78. The molecule has 33 heavy (non-hydrogen) atoms. The van der Waals surface area contributed by atoms with Crippen LogP contribution >= 0.6 is 0 Å². The number of carbonyl (C=O) groups excluding carboxylic acids is 1. The Hall–Kier alpha value is -1.07. The molecule has 0 aromatic heterocycles. The first-order valence-electron chi connectivity index (χ1n) is 12.4. The van der Waals surface area contributed by atoms with Crippen LogP contribution in [0.2, 0.25) is 0 Å². The topological polar surface area (TPSA) is 149 Å². The van der Waals surface area contributed by atoms with Crippen LogP contribution in [0.25, 0.3) is 0 Å². The van der Waals surface area contributed by atoms with Crippen LogP contribution in [0.1, 0.15) is 78.1 Å². The Bertz CT molecular complexity index is 545. The van der Waals surface area contributed by atoms with Gasteiger partial charge in [-0.3, -0.25) is 4.79 Å². The molecular weight excluding hydrogens is 430 g/mol. The fourth-order valence-electron chi connectivity index (χ4n) is 3.67. The van der Waals surface area contributed by atoms with Crippen molar-refractivity contribution in [1.82, 2.24) is 5.32 Å². The van der Waals surface area contributed by atoms with E-state index in [2.05, 4.69) is 19.2 Å². The monoisotopic (exact) mass is 475 g/mol. The number of amides is 1.